The van der Waals surface area contributed by atoms with Crippen LogP contribution in [0.5, 0.6) is 0 Å². The molecule has 1 aromatic carbocycles. The zero-order chi connectivity index (χ0) is 14.4. The van der Waals surface area contributed by atoms with Crippen LogP contribution in [0.3, 0.4) is 0 Å². The number of rotatable bonds is 6. The van der Waals surface area contributed by atoms with Gasteiger partial charge < -0.3 is 16.0 Å². The van der Waals surface area contributed by atoms with Crippen molar-refractivity contribution in [2.45, 2.75) is 39.3 Å². The summed E-state index contributed by atoms with van der Waals surface area (Å²) in [4.78, 5) is 13.9. The number of hydrogen-bond acceptors (Lipinski definition) is 3. The van der Waals surface area contributed by atoms with Gasteiger partial charge in [-0.2, -0.15) is 0 Å². The highest BCUT2D eigenvalue weighted by molar-refractivity contribution is 5.91. The molecule has 1 rings (SSSR count). The summed E-state index contributed by atoms with van der Waals surface area (Å²) in [5, 5.41) is 2.97. The Morgan fingerprint density at radius 1 is 1.42 bits per heavy atom. The summed E-state index contributed by atoms with van der Waals surface area (Å²) in [5.74, 6) is 0.0300. The molecular formula is C15H25N3O. The number of nitrogens with one attached hydrogen (secondary N) is 1. The smallest absolute Gasteiger partial charge is 0.224 e. The van der Waals surface area contributed by atoms with E-state index in [9.17, 15) is 4.79 Å². The molecule has 0 bridgehead atoms. The van der Waals surface area contributed by atoms with Gasteiger partial charge in [0.25, 0.3) is 0 Å². The molecule has 0 spiro atoms. The summed E-state index contributed by atoms with van der Waals surface area (Å²) in [5.41, 5.74) is 8.83. The summed E-state index contributed by atoms with van der Waals surface area (Å²) >= 11 is 0. The molecule has 0 aliphatic heterocycles. The van der Waals surface area contributed by atoms with Gasteiger partial charge in [-0.3, -0.25) is 4.79 Å². The number of carbonyl (C=O) groups is 1. The van der Waals surface area contributed by atoms with Crippen LogP contribution in [-0.4, -0.2) is 30.9 Å². The van der Waals surface area contributed by atoms with E-state index in [-0.39, 0.29) is 11.9 Å². The third-order valence-electron chi connectivity index (χ3n) is 2.90. The first-order valence-electron chi connectivity index (χ1n) is 6.68. The minimum atomic E-state index is 0.0300. The Labute approximate surface area is 116 Å². The molecule has 1 unspecified atom stereocenters. The number of amides is 1. The van der Waals surface area contributed by atoms with Crippen molar-refractivity contribution in [3.05, 3.63) is 29.3 Å². The fourth-order valence-corrected chi connectivity index (χ4v) is 1.84. The zero-order valence-corrected chi connectivity index (χ0v) is 12.4. The third-order valence-corrected chi connectivity index (χ3v) is 2.90. The zero-order valence-electron chi connectivity index (χ0n) is 12.4. The highest BCUT2D eigenvalue weighted by Crippen LogP contribution is 2.18. The van der Waals surface area contributed by atoms with E-state index in [2.05, 4.69) is 16.3 Å². The molecule has 0 radical (unpaired) electrons. The van der Waals surface area contributed by atoms with Crippen molar-refractivity contribution in [1.29, 1.82) is 0 Å². The second-order valence-corrected chi connectivity index (χ2v) is 5.45. The Morgan fingerprint density at radius 3 is 2.68 bits per heavy atom. The van der Waals surface area contributed by atoms with Crippen LogP contribution in [0, 0.1) is 6.92 Å². The average molecular weight is 263 g/mol. The Hall–Kier alpha value is -1.39. The van der Waals surface area contributed by atoms with Gasteiger partial charge in [0.15, 0.2) is 0 Å². The first-order valence-corrected chi connectivity index (χ1v) is 6.68. The van der Waals surface area contributed by atoms with E-state index in [1.165, 1.54) is 5.56 Å². The van der Waals surface area contributed by atoms with Gasteiger partial charge >= 0.3 is 0 Å². The first kappa shape index (κ1) is 15.7. The fourth-order valence-electron chi connectivity index (χ4n) is 1.84. The van der Waals surface area contributed by atoms with Crippen LogP contribution in [0.2, 0.25) is 0 Å². The van der Waals surface area contributed by atoms with Crippen molar-refractivity contribution in [3.63, 3.8) is 0 Å². The lowest BCUT2D eigenvalue weighted by Gasteiger charge is -2.14. The summed E-state index contributed by atoms with van der Waals surface area (Å²) in [6, 6.07) is 6.23. The summed E-state index contributed by atoms with van der Waals surface area (Å²) < 4.78 is 0. The molecule has 1 aromatic rings. The van der Waals surface area contributed by atoms with Crippen molar-refractivity contribution in [3.8, 4) is 0 Å². The van der Waals surface area contributed by atoms with Gasteiger partial charge in [-0.1, -0.05) is 12.1 Å². The van der Waals surface area contributed by atoms with Crippen LogP contribution < -0.4 is 11.1 Å². The standard InChI is InChI=1S/C15H25N3O/c1-11-5-7-13(10-18(3)4)9-14(11)17-15(19)8-6-12(2)16/h5,7,9,12H,6,8,10,16H2,1-4H3,(H,17,19). The van der Waals surface area contributed by atoms with Gasteiger partial charge in [0.05, 0.1) is 0 Å². The molecule has 1 amide bonds. The SMILES string of the molecule is Cc1ccc(CN(C)C)cc1NC(=O)CCC(C)N. The van der Waals surface area contributed by atoms with Gasteiger partial charge in [-0.15, -0.1) is 0 Å². The second-order valence-electron chi connectivity index (χ2n) is 5.45. The van der Waals surface area contributed by atoms with Crippen LogP contribution >= 0.6 is 0 Å². The molecule has 0 fully saturated rings. The van der Waals surface area contributed by atoms with E-state index < -0.39 is 0 Å². The minimum absolute atomic E-state index is 0.0300. The van der Waals surface area contributed by atoms with Crippen molar-refractivity contribution < 1.29 is 4.79 Å². The summed E-state index contributed by atoms with van der Waals surface area (Å²) in [7, 11) is 4.06. The average Bonchev–Trinajstić information content (AvgIpc) is 2.30. The highest BCUT2D eigenvalue weighted by Gasteiger charge is 2.07. The molecule has 4 heteroatoms. The van der Waals surface area contributed by atoms with Gasteiger partial charge in [0.2, 0.25) is 5.91 Å². The third kappa shape index (κ3) is 5.85. The molecule has 0 aromatic heterocycles. The van der Waals surface area contributed by atoms with Gasteiger partial charge in [0.1, 0.15) is 0 Å². The van der Waals surface area contributed by atoms with E-state index in [0.717, 1.165) is 17.8 Å². The van der Waals surface area contributed by atoms with Crippen LogP contribution in [0.25, 0.3) is 0 Å². The maximum Gasteiger partial charge on any atom is 0.224 e. The van der Waals surface area contributed by atoms with E-state index in [1.807, 2.05) is 40.1 Å². The number of anilines is 1. The molecule has 106 valence electrons. The van der Waals surface area contributed by atoms with Gasteiger partial charge in [-0.25, -0.2) is 0 Å². The van der Waals surface area contributed by atoms with Crippen LogP contribution in [0.1, 0.15) is 30.9 Å². The lowest BCUT2D eigenvalue weighted by atomic mass is 10.1. The molecule has 1 atom stereocenters. The number of nitrogens with zero attached hydrogens (tertiary/aromatic N) is 1. The van der Waals surface area contributed by atoms with E-state index in [4.69, 9.17) is 5.73 Å². The molecule has 0 saturated carbocycles. The van der Waals surface area contributed by atoms with E-state index in [1.54, 1.807) is 0 Å². The van der Waals surface area contributed by atoms with E-state index >= 15 is 0 Å². The highest BCUT2D eigenvalue weighted by atomic mass is 16.1. The quantitative estimate of drug-likeness (QED) is 0.826. The monoisotopic (exact) mass is 263 g/mol. The second kappa shape index (κ2) is 7.26. The molecular weight excluding hydrogens is 238 g/mol. The molecule has 3 N–H and O–H groups in total. The molecule has 0 saturated heterocycles. The lowest BCUT2D eigenvalue weighted by Crippen LogP contribution is -2.20. The molecule has 19 heavy (non-hydrogen) atoms. The summed E-state index contributed by atoms with van der Waals surface area (Å²) in [6.45, 7) is 4.78. The normalized spacial score (nSPS) is 12.5. The number of nitrogens with two attached hydrogens (primary N) is 1. The predicted molar refractivity (Wildman–Crippen MR) is 80.1 cm³/mol. The van der Waals surface area contributed by atoms with Crippen LogP contribution in [-0.2, 0) is 11.3 Å². The Bertz CT molecular complexity index is 427. The van der Waals surface area contributed by atoms with Gasteiger partial charge in [0, 0.05) is 24.7 Å². The largest absolute Gasteiger partial charge is 0.328 e. The van der Waals surface area contributed by atoms with Crippen molar-refractivity contribution >= 4 is 11.6 Å². The van der Waals surface area contributed by atoms with Crippen molar-refractivity contribution in [1.82, 2.24) is 4.90 Å². The number of carbonyl (C=O) groups excluding carboxylic acids is 1. The Morgan fingerprint density at radius 2 is 2.11 bits per heavy atom. The molecule has 4 nitrogen and oxygen atoms in total. The number of hydrogen-bond donors (Lipinski definition) is 2. The van der Waals surface area contributed by atoms with Crippen molar-refractivity contribution in [2.75, 3.05) is 19.4 Å². The summed E-state index contributed by atoms with van der Waals surface area (Å²) in [6.07, 6.45) is 1.18. The maximum absolute atomic E-state index is 11.8. The predicted octanol–water partition coefficient (Wildman–Crippen LogP) is 2.12. The molecule has 0 aliphatic carbocycles. The van der Waals surface area contributed by atoms with Crippen molar-refractivity contribution in [2.24, 2.45) is 5.73 Å². The van der Waals surface area contributed by atoms with Crippen LogP contribution in [0.4, 0.5) is 5.69 Å². The molecule has 0 heterocycles. The fraction of sp³-hybridized carbons (Fsp3) is 0.533. The number of benzene rings is 1. The first-order chi connectivity index (χ1) is 8.88. The van der Waals surface area contributed by atoms with Gasteiger partial charge in [-0.05, 0) is 51.6 Å². The van der Waals surface area contributed by atoms with E-state index in [0.29, 0.717) is 12.8 Å². The maximum atomic E-state index is 11.8. The Balaban J connectivity index is 2.68. The lowest BCUT2D eigenvalue weighted by molar-refractivity contribution is -0.116. The number of aryl methyl sites for hydroxylation is 1. The Kier molecular flexibility index (Phi) is 5.99. The molecule has 0 aliphatic rings. The topological polar surface area (TPSA) is 58.4 Å². The van der Waals surface area contributed by atoms with Crippen LogP contribution in [0.15, 0.2) is 18.2 Å². The minimum Gasteiger partial charge on any atom is -0.328 e.